The maximum atomic E-state index is 12.6. The molecule has 2 aliphatic rings. The Balaban J connectivity index is 1.62. The lowest BCUT2D eigenvalue weighted by Gasteiger charge is -2.33. The van der Waals surface area contributed by atoms with Gasteiger partial charge in [-0.25, -0.2) is 19.7 Å². The Bertz CT molecular complexity index is 1390. The van der Waals surface area contributed by atoms with Crippen LogP contribution >= 0.6 is 22.9 Å². The van der Waals surface area contributed by atoms with Crippen LogP contribution in [0, 0.1) is 5.92 Å². The molecule has 5 rings (SSSR count). The Hall–Kier alpha value is -2.85. The van der Waals surface area contributed by atoms with Gasteiger partial charge in [0.25, 0.3) is 0 Å². The standard InChI is InChI=1S/C29H34ClN5O3S/c1-17-16-20-25(39-27(32-20)26-31-11-10-21(33-26)35-14-12-34(5)13-15-35)23(18-6-8-19(30)9-7-18)22(17)24(28(36)37)38-29(2,3)4/h6-11,17,24H,12-16H2,1-5H3,(H,36,37)/t17?,24-/m0/s1. The van der Waals surface area contributed by atoms with Crippen LogP contribution in [0.15, 0.2) is 42.1 Å². The van der Waals surface area contributed by atoms with Crippen molar-refractivity contribution in [1.82, 2.24) is 19.9 Å². The first kappa shape index (κ1) is 27.7. The molecular weight excluding hydrogens is 534 g/mol. The molecule has 1 aliphatic heterocycles. The zero-order chi connectivity index (χ0) is 27.9. The van der Waals surface area contributed by atoms with Crippen molar-refractivity contribution in [3.05, 3.63) is 63.3 Å². The van der Waals surface area contributed by atoms with Crippen LogP contribution in [0.1, 0.15) is 43.8 Å². The second-order valence-electron chi connectivity index (χ2n) is 11.2. The van der Waals surface area contributed by atoms with E-state index in [1.165, 1.54) is 11.3 Å². The number of aliphatic carboxylic acids is 1. The van der Waals surface area contributed by atoms with Crippen molar-refractivity contribution in [2.45, 2.75) is 45.8 Å². The van der Waals surface area contributed by atoms with Crippen LogP contribution < -0.4 is 4.90 Å². The second-order valence-corrected chi connectivity index (χ2v) is 12.7. The number of thiazole rings is 1. The maximum Gasteiger partial charge on any atom is 0.337 e. The molecule has 8 nitrogen and oxygen atoms in total. The number of likely N-dealkylation sites (N-methyl/N-ethyl adjacent to an activating group) is 1. The highest BCUT2D eigenvalue weighted by Gasteiger charge is 2.38. The molecule has 0 saturated carbocycles. The van der Waals surface area contributed by atoms with E-state index in [-0.39, 0.29) is 5.92 Å². The van der Waals surface area contributed by atoms with Gasteiger partial charge in [-0.2, -0.15) is 0 Å². The first-order chi connectivity index (χ1) is 18.5. The third-order valence-corrected chi connectivity index (χ3v) is 8.38. The Labute approximate surface area is 238 Å². The van der Waals surface area contributed by atoms with Crippen molar-refractivity contribution in [1.29, 1.82) is 0 Å². The number of piperazine rings is 1. The van der Waals surface area contributed by atoms with E-state index in [4.69, 9.17) is 26.3 Å². The van der Waals surface area contributed by atoms with Crippen molar-refractivity contribution >= 4 is 40.3 Å². The summed E-state index contributed by atoms with van der Waals surface area (Å²) in [4.78, 5) is 32.5. The molecule has 1 unspecified atom stereocenters. The van der Waals surface area contributed by atoms with Crippen molar-refractivity contribution in [2.24, 2.45) is 5.92 Å². The molecule has 0 radical (unpaired) electrons. The monoisotopic (exact) mass is 567 g/mol. The smallest absolute Gasteiger partial charge is 0.337 e. The van der Waals surface area contributed by atoms with Crippen LogP contribution in [-0.2, 0) is 16.0 Å². The summed E-state index contributed by atoms with van der Waals surface area (Å²) in [5, 5.41) is 11.6. The van der Waals surface area contributed by atoms with Crippen molar-refractivity contribution in [3.8, 4) is 10.8 Å². The molecule has 10 heteroatoms. The third-order valence-electron chi connectivity index (χ3n) is 7.01. The van der Waals surface area contributed by atoms with E-state index in [0.29, 0.717) is 17.3 Å². The number of fused-ring (bicyclic) bond motifs is 1. The van der Waals surface area contributed by atoms with Gasteiger partial charge in [0.2, 0.25) is 0 Å². The van der Waals surface area contributed by atoms with E-state index in [9.17, 15) is 9.90 Å². The summed E-state index contributed by atoms with van der Waals surface area (Å²) < 4.78 is 6.15. The van der Waals surface area contributed by atoms with Crippen LogP contribution in [0.4, 0.5) is 5.82 Å². The predicted molar refractivity (Wildman–Crippen MR) is 155 cm³/mol. The number of anilines is 1. The van der Waals surface area contributed by atoms with E-state index >= 15 is 0 Å². The zero-order valence-electron chi connectivity index (χ0n) is 22.9. The van der Waals surface area contributed by atoms with Crippen LogP contribution in [-0.4, -0.2) is 75.9 Å². The average molecular weight is 568 g/mol. The Morgan fingerprint density at radius 3 is 2.46 bits per heavy atom. The van der Waals surface area contributed by atoms with Crippen LogP contribution in [0.3, 0.4) is 0 Å². The summed E-state index contributed by atoms with van der Waals surface area (Å²) in [5.41, 5.74) is 2.75. The number of carbonyl (C=O) groups is 1. The molecule has 1 aromatic carbocycles. The average Bonchev–Trinajstić information content (AvgIpc) is 3.31. The minimum absolute atomic E-state index is 0.0980. The number of halogens is 1. The van der Waals surface area contributed by atoms with E-state index in [0.717, 1.165) is 64.3 Å². The molecule has 39 heavy (non-hydrogen) atoms. The van der Waals surface area contributed by atoms with Gasteiger partial charge in [0, 0.05) is 43.0 Å². The second kappa shape index (κ2) is 11.0. The van der Waals surface area contributed by atoms with Gasteiger partial charge in [0.15, 0.2) is 16.9 Å². The molecule has 0 amide bonds. The minimum atomic E-state index is -1.10. The number of nitrogens with zero attached hydrogens (tertiary/aromatic N) is 5. The summed E-state index contributed by atoms with van der Waals surface area (Å²) in [6.45, 7) is 11.5. The molecule has 206 valence electrons. The highest BCUT2D eigenvalue weighted by molar-refractivity contribution is 7.16. The molecule has 0 bridgehead atoms. The molecule has 2 atom stereocenters. The number of hydrogen-bond acceptors (Lipinski definition) is 8. The largest absolute Gasteiger partial charge is 0.479 e. The van der Waals surface area contributed by atoms with Crippen LogP contribution in [0.5, 0.6) is 0 Å². The number of carboxylic acid groups (broad SMARTS) is 1. The van der Waals surface area contributed by atoms with E-state index < -0.39 is 17.7 Å². The summed E-state index contributed by atoms with van der Waals surface area (Å²) in [5.74, 6) is 0.373. The lowest BCUT2D eigenvalue weighted by molar-refractivity contribution is -0.156. The Morgan fingerprint density at radius 2 is 1.82 bits per heavy atom. The maximum absolute atomic E-state index is 12.6. The first-order valence-electron chi connectivity index (χ1n) is 13.2. The molecule has 1 N–H and O–H groups in total. The lowest BCUT2D eigenvalue weighted by Crippen LogP contribution is -2.44. The Kier molecular flexibility index (Phi) is 7.79. The third kappa shape index (κ3) is 6.01. The van der Waals surface area contributed by atoms with Crippen LogP contribution in [0.25, 0.3) is 16.4 Å². The molecule has 1 aliphatic carbocycles. The number of carboxylic acids is 1. The highest BCUT2D eigenvalue weighted by Crippen LogP contribution is 2.45. The molecule has 1 saturated heterocycles. The summed E-state index contributed by atoms with van der Waals surface area (Å²) in [6, 6.07) is 9.46. The van der Waals surface area contributed by atoms with Gasteiger partial charge in [-0.3, -0.25) is 0 Å². The van der Waals surface area contributed by atoms with Gasteiger partial charge in [0.1, 0.15) is 5.82 Å². The molecule has 3 aromatic rings. The van der Waals surface area contributed by atoms with Gasteiger partial charge in [0.05, 0.1) is 16.2 Å². The summed E-state index contributed by atoms with van der Waals surface area (Å²) >= 11 is 7.72. The number of rotatable bonds is 6. The molecule has 2 aromatic heterocycles. The molecule has 1 fully saturated rings. The normalized spacial score (nSPS) is 19.2. The van der Waals surface area contributed by atoms with Crippen molar-refractivity contribution in [3.63, 3.8) is 0 Å². The van der Waals surface area contributed by atoms with Crippen molar-refractivity contribution < 1.29 is 14.6 Å². The van der Waals surface area contributed by atoms with Crippen LogP contribution in [0.2, 0.25) is 5.02 Å². The number of ether oxygens (including phenoxy) is 1. The van der Waals surface area contributed by atoms with Gasteiger partial charge < -0.3 is 19.6 Å². The van der Waals surface area contributed by atoms with E-state index in [1.54, 1.807) is 6.20 Å². The van der Waals surface area contributed by atoms with Gasteiger partial charge >= 0.3 is 5.97 Å². The fraction of sp³-hybridized carbons (Fsp3) is 0.448. The zero-order valence-corrected chi connectivity index (χ0v) is 24.5. The van der Waals surface area contributed by atoms with E-state index in [1.807, 2.05) is 58.0 Å². The van der Waals surface area contributed by atoms with E-state index in [2.05, 4.69) is 21.8 Å². The minimum Gasteiger partial charge on any atom is -0.479 e. The fourth-order valence-electron chi connectivity index (χ4n) is 5.13. The van der Waals surface area contributed by atoms with Crippen molar-refractivity contribution in [2.75, 3.05) is 38.1 Å². The number of hydrogen-bond donors (Lipinski definition) is 1. The SMILES string of the molecule is CC1Cc2nc(-c3nccc(N4CCN(C)CC4)n3)sc2C(c2ccc(Cl)cc2)=C1[C@H](OC(C)(C)C)C(=O)O. The highest BCUT2D eigenvalue weighted by atomic mass is 35.5. The Morgan fingerprint density at radius 1 is 1.13 bits per heavy atom. The quantitative estimate of drug-likeness (QED) is 0.431. The fourth-order valence-corrected chi connectivity index (χ4v) is 6.38. The summed E-state index contributed by atoms with van der Waals surface area (Å²) in [7, 11) is 2.13. The lowest BCUT2D eigenvalue weighted by atomic mass is 9.79. The van der Waals surface area contributed by atoms with Gasteiger partial charge in [-0.05, 0) is 69.5 Å². The summed E-state index contributed by atoms with van der Waals surface area (Å²) in [6.07, 6.45) is 1.30. The first-order valence-corrected chi connectivity index (χ1v) is 14.4. The topological polar surface area (TPSA) is 91.7 Å². The number of benzene rings is 1. The molecule has 3 heterocycles. The number of aromatic nitrogens is 3. The van der Waals surface area contributed by atoms with Gasteiger partial charge in [-0.15, -0.1) is 11.3 Å². The predicted octanol–water partition coefficient (Wildman–Crippen LogP) is 5.27. The van der Waals surface area contributed by atoms with Gasteiger partial charge in [-0.1, -0.05) is 30.7 Å². The molecular formula is C29H34ClN5O3S. The molecule has 0 spiro atoms.